The van der Waals surface area contributed by atoms with Crippen molar-refractivity contribution in [3.05, 3.63) is 0 Å². The summed E-state index contributed by atoms with van der Waals surface area (Å²) in [6.07, 6.45) is 4.77. The first-order chi connectivity index (χ1) is 10.7. The van der Waals surface area contributed by atoms with Crippen LogP contribution < -0.4 is 10.6 Å². The third kappa shape index (κ3) is 6.10. The van der Waals surface area contributed by atoms with Gasteiger partial charge in [0.1, 0.15) is 0 Å². The lowest BCUT2D eigenvalue weighted by Crippen LogP contribution is -2.61. The zero-order chi connectivity index (χ0) is 18.4. The van der Waals surface area contributed by atoms with E-state index in [1.807, 2.05) is 0 Å². The number of nitrogens with one attached hydrogen (secondary N) is 2. The highest BCUT2D eigenvalue weighted by Crippen LogP contribution is 2.33. The molecule has 1 radical (unpaired) electrons. The fourth-order valence-corrected chi connectivity index (χ4v) is 6.45. The summed E-state index contributed by atoms with van der Waals surface area (Å²) in [5.74, 6) is 0. The largest absolute Gasteiger partial charge is 0.390 e. The smallest absolute Gasteiger partial charge is 0.381 e. The maximum absolute atomic E-state index is 6.42. The molecular weight excluding hydrogens is 316 g/mol. The van der Waals surface area contributed by atoms with Gasteiger partial charge in [-0.05, 0) is 87.6 Å². The molecule has 0 aromatic heterocycles. The molecule has 0 spiro atoms. The van der Waals surface area contributed by atoms with Crippen LogP contribution in [-0.2, 0) is 8.85 Å². The van der Waals surface area contributed by atoms with Gasteiger partial charge in [-0.2, -0.15) is 0 Å². The highest BCUT2D eigenvalue weighted by Gasteiger charge is 2.41. The number of rotatable bonds is 4. The van der Waals surface area contributed by atoms with Gasteiger partial charge in [-0.1, -0.05) is 0 Å². The predicted molar refractivity (Wildman–Crippen MR) is 102 cm³/mol. The molecule has 24 heavy (non-hydrogen) atoms. The van der Waals surface area contributed by atoms with Crippen molar-refractivity contribution in [2.45, 2.75) is 122 Å². The molecule has 141 valence electrons. The third-order valence-corrected chi connectivity index (χ3v) is 6.30. The van der Waals surface area contributed by atoms with E-state index in [9.17, 15) is 0 Å². The molecule has 0 bridgehead atoms. The van der Waals surface area contributed by atoms with Crippen molar-refractivity contribution in [3.63, 3.8) is 0 Å². The molecule has 4 nitrogen and oxygen atoms in total. The normalized spacial score (nSPS) is 29.8. The van der Waals surface area contributed by atoms with E-state index in [1.54, 1.807) is 0 Å². The molecule has 0 aromatic carbocycles. The van der Waals surface area contributed by atoms with E-state index in [1.165, 1.54) is 0 Å². The quantitative estimate of drug-likeness (QED) is 0.754. The molecule has 2 N–H and O–H groups in total. The Labute approximate surface area is 151 Å². The van der Waals surface area contributed by atoms with Gasteiger partial charge in [-0.25, -0.2) is 0 Å². The van der Waals surface area contributed by atoms with E-state index in [0.717, 1.165) is 25.7 Å². The van der Waals surface area contributed by atoms with Crippen LogP contribution in [0.25, 0.3) is 0 Å². The second-order valence-electron chi connectivity index (χ2n) is 10.6. The van der Waals surface area contributed by atoms with Crippen molar-refractivity contribution in [2.24, 2.45) is 0 Å². The lowest BCUT2D eigenvalue weighted by atomic mass is 9.81. The summed E-state index contributed by atoms with van der Waals surface area (Å²) in [4.78, 5) is 0. The Hall–Kier alpha value is 0.0569. The Bertz CT molecular complexity index is 377. The summed E-state index contributed by atoms with van der Waals surface area (Å²) >= 11 is 0. The van der Waals surface area contributed by atoms with E-state index in [0.29, 0.717) is 0 Å². The highest BCUT2D eigenvalue weighted by atomic mass is 28.3. The van der Waals surface area contributed by atoms with Crippen LogP contribution in [0.1, 0.15) is 81.1 Å². The van der Waals surface area contributed by atoms with Gasteiger partial charge in [0.2, 0.25) is 0 Å². The van der Waals surface area contributed by atoms with Gasteiger partial charge in [-0.3, -0.25) is 0 Å². The van der Waals surface area contributed by atoms with Gasteiger partial charge in [-0.15, -0.1) is 0 Å². The molecule has 0 aliphatic carbocycles. The van der Waals surface area contributed by atoms with Crippen molar-refractivity contribution in [1.82, 2.24) is 10.6 Å². The predicted octanol–water partition coefficient (Wildman–Crippen LogP) is 3.76. The summed E-state index contributed by atoms with van der Waals surface area (Å²) < 4.78 is 12.8. The number of hydrogen-bond donors (Lipinski definition) is 2. The molecule has 2 heterocycles. The van der Waals surface area contributed by atoms with Crippen LogP contribution in [0.5, 0.6) is 0 Å². The van der Waals surface area contributed by atoms with Crippen LogP contribution in [-0.4, -0.2) is 43.6 Å². The number of piperidine rings is 2. The molecule has 2 saturated heterocycles. The first-order valence-electron chi connectivity index (χ1n) is 9.43. The van der Waals surface area contributed by atoms with Crippen LogP contribution in [0.2, 0.25) is 6.55 Å². The van der Waals surface area contributed by atoms with Gasteiger partial charge >= 0.3 is 9.28 Å². The first-order valence-corrected chi connectivity index (χ1v) is 11.2. The fraction of sp³-hybridized carbons (Fsp3) is 1.00. The van der Waals surface area contributed by atoms with E-state index >= 15 is 0 Å². The standard InChI is InChI=1S/C19H39N2O2Si/c1-16(2)10-14(11-17(3,4)20-16)22-24(9)23-15-12-18(5,6)21-19(7,8)13-15/h14-15,20-21H,10-13H2,1-9H3. The highest BCUT2D eigenvalue weighted by molar-refractivity contribution is 6.42. The minimum absolute atomic E-state index is 0.118. The Morgan fingerprint density at radius 1 is 0.625 bits per heavy atom. The summed E-state index contributed by atoms with van der Waals surface area (Å²) in [6.45, 7) is 20.3. The minimum atomic E-state index is -1.24. The van der Waals surface area contributed by atoms with Gasteiger partial charge in [0.05, 0.1) is 12.2 Å². The average molecular weight is 356 g/mol. The summed E-state index contributed by atoms with van der Waals surface area (Å²) in [5, 5.41) is 7.44. The molecule has 5 heteroatoms. The zero-order valence-electron chi connectivity index (χ0n) is 17.3. The van der Waals surface area contributed by atoms with Gasteiger partial charge < -0.3 is 19.5 Å². The van der Waals surface area contributed by atoms with Gasteiger partial charge in [0.25, 0.3) is 0 Å². The molecule has 2 aliphatic heterocycles. The lowest BCUT2D eigenvalue weighted by Gasteiger charge is -2.48. The SMILES string of the molecule is C[Si](OC1CC(C)(C)NC(C)(C)C1)OC1CC(C)(C)NC(C)(C)C1. The monoisotopic (exact) mass is 355 g/mol. The second-order valence-corrected chi connectivity index (χ2v) is 12.0. The van der Waals surface area contributed by atoms with Crippen LogP contribution >= 0.6 is 0 Å². The summed E-state index contributed by atoms with van der Waals surface area (Å²) in [6, 6.07) is 0. The Balaban J connectivity index is 1.92. The average Bonchev–Trinajstić information content (AvgIpc) is 2.17. The molecule has 2 fully saturated rings. The Morgan fingerprint density at radius 2 is 0.875 bits per heavy atom. The van der Waals surface area contributed by atoms with Crippen LogP contribution in [0, 0.1) is 0 Å². The maximum atomic E-state index is 6.42. The fourth-order valence-electron chi connectivity index (χ4n) is 5.12. The molecule has 0 amide bonds. The lowest BCUT2D eigenvalue weighted by molar-refractivity contribution is 0.00403. The second kappa shape index (κ2) is 6.65. The first kappa shape index (κ1) is 20.4. The third-order valence-electron chi connectivity index (χ3n) is 4.97. The summed E-state index contributed by atoms with van der Waals surface area (Å²) in [5.41, 5.74) is 0.473. The zero-order valence-corrected chi connectivity index (χ0v) is 18.3. The maximum Gasteiger partial charge on any atom is 0.381 e. The van der Waals surface area contributed by atoms with Crippen LogP contribution in [0.15, 0.2) is 0 Å². The Kier molecular flexibility index (Phi) is 5.65. The van der Waals surface area contributed by atoms with E-state index in [4.69, 9.17) is 8.85 Å². The van der Waals surface area contributed by atoms with Crippen LogP contribution in [0.4, 0.5) is 0 Å². The molecule has 2 aliphatic rings. The molecular formula is C19H39N2O2Si. The van der Waals surface area contributed by atoms with Crippen molar-refractivity contribution >= 4 is 9.28 Å². The van der Waals surface area contributed by atoms with Crippen molar-refractivity contribution in [1.29, 1.82) is 0 Å². The van der Waals surface area contributed by atoms with E-state index in [2.05, 4.69) is 72.6 Å². The van der Waals surface area contributed by atoms with Crippen molar-refractivity contribution < 1.29 is 8.85 Å². The van der Waals surface area contributed by atoms with Gasteiger partial charge in [0, 0.05) is 22.2 Å². The van der Waals surface area contributed by atoms with Crippen molar-refractivity contribution in [3.8, 4) is 0 Å². The summed E-state index contributed by atoms with van der Waals surface area (Å²) in [7, 11) is -1.24. The van der Waals surface area contributed by atoms with E-state index < -0.39 is 9.28 Å². The Morgan fingerprint density at radius 3 is 1.12 bits per heavy atom. The molecule has 0 saturated carbocycles. The molecule has 2 rings (SSSR count). The van der Waals surface area contributed by atoms with E-state index in [-0.39, 0.29) is 34.4 Å². The molecule has 0 unspecified atom stereocenters. The van der Waals surface area contributed by atoms with Gasteiger partial charge in [0.15, 0.2) is 0 Å². The topological polar surface area (TPSA) is 42.5 Å². The minimum Gasteiger partial charge on any atom is -0.390 e. The molecule has 0 atom stereocenters. The number of hydrogen-bond acceptors (Lipinski definition) is 4. The van der Waals surface area contributed by atoms with Crippen LogP contribution in [0.3, 0.4) is 0 Å². The van der Waals surface area contributed by atoms with Crippen molar-refractivity contribution in [2.75, 3.05) is 0 Å². The molecule has 0 aromatic rings.